The molecule has 1 rings (SSSR count). The highest BCUT2D eigenvalue weighted by Crippen LogP contribution is 2.04. The Bertz CT molecular complexity index is 830. The molecule has 0 aliphatic rings. The molecule has 11 N–H and O–H groups in total. The second kappa shape index (κ2) is 13.1. The number of aromatic amines is 1. The van der Waals surface area contributed by atoms with Crippen molar-refractivity contribution in [2.45, 2.75) is 56.5 Å². The number of hydrogen-bond donors (Lipinski definition) is 9. The highest BCUT2D eigenvalue weighted by molar-refractivity contribution is 5.94. The van der Waals surface area contributed by atoms with Crippen molar-refractivity contribution in [1.82, 2.24) is 25.9 Å². The zero-order valence-electron chi connectivity index (χ0n) is 17.9. The SMILES string of the molecule is CC(O)C(NC(=O)C(CCC(N)=O)NC(=O)C(N)Cc1cnc[nH]1)C(=O)NC(CO)C(=O)O. The van der Waals surface area contributed by atoms with E-state index in [2.05, 4.69) is 20.6 Å². The van der Waals surface area contributed by atoms with Crippen LogP contribution in [0.4, 0.5) is 0 Å². The first-order valence-corrected chi connectivity index (χ1v) is 9.90. The van der Waals surface area contributed by atoms with Gasteiger partial charge in [0.15, 0.2) is 0 Å². The van der Waals surface area contributed by atoms with E-state index in [-0.39, 0.29) is 19.3 Å². The van der Waals surface area contributed by atoms with E-state index < -0.39 is 66.5 Å². The van der Waals surface area contributed by atoms with Crippen molar-refractivity contribution in [2.75, 3.05) is 6.61 Å². The molecule has 5 unspecified atom stereocenters. The molecular formula is C18H29N7O8. The van der Waals surface area contributed by atoms with Crippen molar-refractivity contribution >= 4 is 29.6 Å². The van der Waals surface area contributed by atoms with E-state index in [1.165, 1.54) is 12.5 Å². The van der Waals surface area contributed by atoms with E-state index in [1.807, 2.05) is 5.32 Å². The summed E-state index contributed by atoms with van der Waals surface area (Å²) in [5.41, 5.74) is 11.5. The number of aromatic nitrogens is 2. The Balaban J connectivity index is 2.91. The molecule has 0 radical (unpaired) electrons. The average Bonchev–Trinajstić information content (AvgIpc) is 3.24. The molecule has 0 saturated carbocycles. The minimum absolute atomic E-state index is 0.0758. The summed E-state index contributed by atoms with van der Waals surface area (Å²) in [6.45, 7) is 0.240. The number of aliphatic carboxylic acids is 1. The molecule has 5 atom stereocenters. The van der Waals surface area contributed by atoms with Crippen molar-refractivity contribution in [1.29, 1.82) is 0 Å². The third kappa shape index (κ3) is 9.22. The van der Waals surface area contributed by atoms with Gasteiger partial charge in [0.1, 0.15) is 18.1 Å². The van der Waals surface area contributed by atoms with E-state index in [9.17, 15) is 29.1 Å². The van der Waals surface area contributed by atoms with Crippen LogP contribution in [-0.2, 0) is 30.4 Å². The molecule has 4 amide bonds. The first-order chi connectivity index (χ1) is 15.5. The fraction of sp³-hybridized carbons (Fsp3) is 0.556. The highest BCUT2D eigenvalue weighted by atomic mass is 16.4. The lowest BCUT2D eigenvalue weighted by Gasteiger charge is -2.26. The number of H-pyrrole nitrogens is 1. The number of aliphatic hydroxyl groups is 2. The Kier molecular flexibility index (Phi) is 10.9. The molecule has 0 aromatic carbocycles. The lowest BCUT2D eigenvalue weighted by molar-refractivity contribution is -0.144. The summed E-state index contributed by atoms with van der Waals surface area (Å²) in [5.74, 6) is -5.05. The van der Waals surface area contributed by atoms with E-state index in [0.717, 1.165) is 6.92 Å². The molecule has 0 aliphatic heterocycles. The molecule has 33 heavy (non-hydrogen) atoms. The van der Waals surface area contributed by atoms with Crippen molar-refractivity contribution < 1.29 is 39.3 Å². The zero-order valence-corrected chi connectivity index (χ0v) is 17.9. The predicted molar refractivity (Wildman–Crippen MR) is 111 cm³/mol. The number of carboxylic acid groups (broad SMARTS) is 1. The topological polar surface area (TPSA) is 263 Å². The van der Waals surface area contributed by atoms with Gasteiger partial charge in [0.25, 0.3) is 0 Å². The number of primary amides is 1. The Morgan fingerprint density at radius 3 is 2.21 bits per heavy atom. The summed E-state index contributed by atoms with van der Waals surface area (Å²) in [5, 5.41) is 34.4. The molecule has 0 saturated heterocycles. The Morgan fingerprint density at radius 1 is 1.09 bits per heavy atom. The molecular weight excluding hydrogens is 442 g/mol. The fourth-order valence-electron chi connectivity index (χ4n) is 2.67. The van der Waals surface area contributed by atoms with Crippen LogP contribution in [-0.4, -0.2) is 91.8 Å². The van der Waals surface area contributed by atoms with Crippen molar-refractivity contribution in [2.24, 2.45) is 11.5 Å². The number of carbonyl (C=O) groups is 5. The van der Waals surface area contributed by atoms with E-state index in [0.29, 0.717) is 5.69 Å². The quantitative estimate of drug-likeness (QED) is 0.125. The number of aliphatic hydroxyl groups excluding tert-OH is 2. The predicted octanol–water partition coefficient (Wildman–Crippen LogP) is -4.54. The summed E-state index contributed by atoms with van der Waals surface area (Å²) < 4.78 is 0. The van der Waals surface area contributed by atoms with Gasteiger partial charge in [-0.2, -0.15) is 0 Å². The van der Waals surface area contributed by atoms with E-state index >= 15 is 0 Å². The Morgan fingerprint density at radius 2 is 1.73 bits per heavy atom. The molecule has 1 aromatic heterocycles. The summed E-state index contributed by atoms with van der Waals surface area (Å²) >= 11 is 0. The van der Waals surface area contributed by atoms with Gasteiger partial charge in [0.2, 0.25) is 23.6 Å². The van der Waals surface area contributed by atoms with Gasteiger partial charge in [-0.15, -0.1) is 0 Å². The largest absolute Gasteiger partial charge is 0.480 e. The van der Waals surface area contributed by atoms with Crippen LogP contribution in [0.25, 0.3) is 0 Å². The Labute approximate surface area is 188 Å². The van der Waals surface area contributed by atoms with Crippen LogP contribution < -0.4 is 27.4 Å². The van der Waals surface area contributed by atoms with Crippen LogP contribution in [0.3, 0.4) is 0 Å². The first kappa shape index (κ1) is 27.5. The van der Waals surface area contributed by atoms with Gasteiger partial charge >= 0.3 is 5.97 Å². The highest BCUT2D eigenvalue weighted by Gasteiger charge is 2.32. The number of amides is 4. The number of nitrogens with two attached hydrogens (primary N) is 2. The van der Waals surface area contributed by atoms with Gasteiger partial charge in [-0.05, 0) is 13.3 Å². The van der Waals surface area contributed by atoms with Gasteiger partial charge in [-0.25, -0.2) is 9.78 Å². The molecule has 1 aromatic rings. The fourth-order valence-corrected chi connectivity index (χ4v) is 2.67. The first-order valence-electron chi connectivity index (χ1n) is 9.90. The van der Waals surface area contributed by atoms with Gasteiger partial charge in [0.05, 0.1) is 25.1 Å². The van der Waals surface area contributed by atoms with Crippen molar-refractivity contribution in [3.63, 3.8) is 0 Å². The maximum atomic E-state index is 12.7. The second-order valence-corrected chi connectivity index (χ2v) is 7.26. The Hall–Kier alpha value is -3.56. The smallest absolute Gasteiger partial charge is 0.328 e. The summed E-state index contributed by atoms with van der Waals surface area (Å²) in [6, 6.07) is -5.72. The summed E-state index contributed by atoms with van der Waals surface area (Å²) in [7, 11) is 0. The standard InChI is InChI=1S/C18H29N7O8/c1-8(27)14(17(31)24-12(6-26)18(32)33)25-16(30)11(2-3-13(20)28)23-15(29)10(19)4-9-5-21-7-22-9/h5,7-8,10-12,14,26-27H,2-4,6,19H2,1H3,(H2,20,28)(H,21,22)(H,23,29)(H,24,31)(H,25,30)(H,32,33). The van der Waals surface area contributed by atoms with Gasteiger partial charge in [-0.1, -0.05) is 0 Å². The zero-order chi connectivity index (χ0) is 25.1. The number of nitrogens with one attached hydrogen (secondary N) is 4. The molecule has 0 spiro atoms. The van der Waals surface area contributed by atoms with Crippen molar-refractivity contribution in [3.8, 4) is 0 Å². The van der Waals surface area contributed by atoms with Crippen LogP contribution in [0, 0.1) is 0 Å². The summed E-state index contributed by atoms with van der Waals surface area (Å²) in [4.78, 5) is 66.3. The van der Waals surface area contributed by atoms with Crippen LogP contribution in [0.5, 0.6) is 0 Å². The maximum absolute atomic E-state index is 12.7. The van der Waals surface area contributed by atoms with Gasteiger partial charge in [0, 0.05) is 24.7 Å². The molecule has 184 valence electrons. The minimum Gasteiger partial charge on any atom is -0.480 e. The van der Waals surface area contributed by atoms with E-state index in [4.69, 9.17) is 21.7 Å². The van der Waals surface area contributed by atoms with Crippen LogP contribution in [0.1, 0.15) is 25.5 Å². The van der Waals surface area contributed by atoms with Gasteiger partial charge < -0.3 is 47.7 Å². The lowest BCUT2D eigenvalue weighted by Crippen LogP contribution is -2.60. The molecule has 15 heteroatoms. The minimum atomic E-state index is -1.67. The summed E-state index contributed by atoms with van der Waals surface area (Å²) in [6.07, 6.45) is 0.949. The molecule has 0 aliphatic carbocycles. The molecule has 15 nitrogen and oxygen atoms in total. The number of nitrogens with zero attached hydrogens (tertiary/aromatic N) is 1. The number of carbonyl (C=O) groups excluding carboxylic acids is 4. The third-order valence-corrected chi connectivity index (χ3v) is 4.50. The van der Waals surface area contributed by atoms with Crippen LogP contribution >= 0.6 is 0 Å². The number of rotatable bonds is 14. The molecule has 0 fully saturated rings. The molecule has 1 heterocycles. The average molecular weight is 471 g/mol. The number of hydrogen-bond acceptors (Lipinski definition) is 9. The number of imidazole rings is 1. The maximum Gasteiger partial charge on any atom is 0.328 e. The van der Waals surface area contributed by atoms with Crippen LogP contribution in [0.2, 0.25) is 0 Å². The monoisotopic (exact) mass is 471 g/mol. The number of carboxylic acids is 1. The third-order valence-electron chi connectivity index (χ3n) is 4.50. The van der Waals surface area contributed by atoms with Crippen molar-refractivity contribution in [3.05, 3.63) is 18.2 Å². The van der Waals surface area contributed by atoms with Gasteiger partial charge in [-0.3, -0.25) is 19.2 Å². The normalized spacial score (nSPS) is 15.4. The second-order valence-electron chi connectivity index (χ2n) is 7.26. The van der Waals surface area contributed by atoms with E-state index in [1.54, 1.807) is 0 Å². The lowest BCUT2D eigenvalue weighted by atomic mass is 10.1. The molecule has 0 bridgehead atoms. The van der Waals surface area contributed by atoms with Crippen LogP contribution in [0.15, 0.2) is 12.5 Å².